The van der Waals surface area contributed by atoms with E-state index in [-0.39, 0.29) is 12.5 Å². The summed E-state index contributed by atoms with van der Waals surface area (Å²) < 4.78 is 40.7. The lowest BCUT2D eigenvalue weighted by molar-refractivity contribution is 0.0237. The third kappa shape index (κ3) is 6.55. The quantitative estimate of drug-likeness (QED) is 0.194. The summed E-state index contributed by atoms with van der Waals surface area (Å²) in [6.07, 6.45) is 0. The molecule has 0 bridgehead atoms. The summed E-state index contributed by atoms with van der Waals surface area (Å²) in [5.74, 6) is -1.27. The molecule has 150 valence electrons. The van der Waals surface area contributed by atoms with E-state index in [4.69, 9.17) is 0 Å². The maximum absolute atomic E-state index is 13.7. The highest BCUT2D eigenvalue weighted by atomic mass is 32.2. The highest BCUT2D eigenvalue weighted by Crippen LogP contribution is 2.18. The first kappa shape index (κ1) is 21.7. The monoisotopic (exact) mass is 412 g/mol. The Kier molecular flexibility index (Phi) is 8.30. The Balaban J connectivity index is 1.98. The summed E-state index contributed by atoms with van der Waals surface area (Å²) in [6, 6.07) is 12.0. The van der Waals surface area contributed by atoms with Gasteiger partial charge >= 0.3 is 6.05 Å². The molecule has 0 fully saturated rings. The number of hydroxylamine groups is 1. The van der Waals surface area contributed by atoms with E-state index >= 15 is 0 Å². The zero-order valence-electron chi connectivity index (χ0n) is 14.9. The first-order valence-corrected chi connectivity index (χ1v) is 8.90. The van der Waals surface area contributed by atoms with Crippen LogP contribution in [0.25, 0.3) is 0 Å². The van der Waals surface area contributed by atoms with Crippen LogP contribution in [0.1, 0.15) is 21.5 Å². The minimum atomic E-state index is -3.79. The van der Waals surface area contributed by atoms with Crippen LogP contribution in [0.15, 0.2) is 59.6 Å². The third-order valence-electron chi connectivity index (χ3n) is 3.55. The normalized spacial score (nSPS) is 11.9. The molecule has 3 N–H and O–H groups in total. The number of alkyl halides is 2. The summed E-state index contributed by atoms with van der Waals surface area (Å²) in [7, 11) is 1.27. The summed E-state index contributed by atoms with van der Waals surface area (Å²) in [4.78, 5) is 20.4. The van der Waals surface area contributed by atoms with E-state index in [1.54, 1.807) is 24.3 Å². The second-order valence-corrected chi connectivity index (χ2v) is 5.90. The van der Waals surface area contributed by atoms with Crippen molar-refractivity contribution in [2.75, 3.05) is 7.05 Å². The molecular weight excluding hydrogens is 393 g/mol. The van der Waals surface area contributed by atoms with E-state index in [1.165, 1.54) is 11.8 Å². The van der Waals surface area contributed by atoms with Gasteiger partial charge in [-0.25, -0.2) is 4.99 Å². The minimum Gasteiger partial charge on any atom is -0.385 e. The van der Waals surface area contributed by atoms with Gasteiger partial charge in [0.2, 0.25) is 0 Å². The van der Waals surface area contributed by atoms with E-state index in [2.05, 4.69) is 20.6 Å². The van der Waals surface area contributed by atoms with Gasteiger partial charge in [0.1, 0.15) is 12.3 Å². The average molecular weight is 412 g/mol. The molecule has 0 aliphatic heterocycles. The molecule has 6 nitrogen and oxygen atoms in total. The van der Waals surface area contributed by atoms with Crippen molar-refractivity contribution in [1.82, 2.24) is 15.5 Å². The molecule has 0 radical (unpaired) electrons. The molecule has 1 amide bonds. The molecule has 0 aliphatic rings. The lowest BCUT2D eigenvalue weighted by Crippen LogP contribution is -2.43. The van der Waals surface area contributed by atoms with Gasteiger partial charge in [-0.1, -0.05) is 42.5 Å². The highest BCUT2D eigenvalue weighted by molar-refractivity contribution is 7.92. The fourth-order valence-corrected chi connectivity index (χ4v) is 2.37. The summed E-state index contributed by atoms with van der Waals surface area (Å²) in [6.45, 7) is 0.252. The predicted octanol–water partition coefficient (Wildman–Crippen LogP) is 3.38. The van der Waals surface area contributed by atoms with Crippen LogP contribution in [-0.4, -0.2) is 24.9 Å². The van der Waals surface area contributed by atoms with Crippen molar-refractivity contribution in [3.63, 3.8) is 0 Å². The Morgan fingerprint density at radius 3 is 2.39 bits per heavy atom. The topological polar surface area (TPSA) is 74.8 Å². The Bertz CT molecular complexity index is 789. The van der Waals surface area contributed by atoms with Crippen molar-refractivity contribution in [3.8, 4) is 0 Å². The van der Waals surface area contributed by atoms with Crippen molar-refractivity contribution < 1.29 is 22.3 Å². The summed E-state index contributed by atoms with van der Waals surface area (Å²) in [5, 5.41) is 2.80. The van der Waals surface area contributed by atoms with Gasteiger partial charge in [-0.3, -0.25) is 4.79 Å². The summed E-state index contributed by atoms with van der Waals surface area (Å²) in [5.41, 5.74) is 4.05. The summed E-state index contributed by atoms with van der Waals surface area (Å²) >= 11 is -0.741. The molecule has 2 rings (SSSR count). The van der Waals surface area contributed by atoms with E-state index in [0.29, 0.717) is 17.7 Å². The molecule has 0 atom stereocenters. The second kappa shape index (κ2) is 10.7. The fraction of sp³-hybridized carbons (Fsp3) is 0.222. The molecule has 0 unspecified atom stereocenters. The van der Waals surface area contributed by atoms with Crippen LogP contribution in [-0.2, 0) is 17.9 Å². The van der Waals surface area contributed by atoms with Crippen molar-refractivity contribution in [2.24, 2.45) is 4.99 Å². The number of hydrogen-bond acceptors (Lipinski definition) is 6. The van der Waals surface area contributed by atoms with Crippen LogP contribution in [0, 0.1) is 0 Å². The van der Waals surface area contributed by atoms with E-state index < -0.39 is 24.3 Å². The number of carbonyl (C=O) groups excluding carboxylic acids is 1. The molecule has 10 heteroatoms. The number of carbonyl (C=O) groups is 1. The Morgan fingerprint density at radius 1 is 1.11 bits per heavy atom. The predicted molar refractivity (Wildman–Crippen MR) is 102 cm³/mol. The Morgan fingerprint density at radius 2 is 1.79 bits per heavy atom. The molecule has 0 aliphatic carbocycles. The van der Waals surface area contributed by atoms with E-state index in [1.807, 2.05) is 30.3 Å². The van der Waals surface area contributed by atoms with Crippen molar-refractivity contribution in [3.05, 3.63) is 71.3 Å². The van der Waals surface area contributed by atoms with Gasteiger partial charge in [-0.05, 0) is 23.3 Å². The van der Waals surface area contributed by atoms with Crippen LogP contribution >= 0.6 is 12.3 Å². The average Bonchev–Trinajstić information content (AvgIpc) is 2.70. The molecular formula is C18H19F3N4O2S. The molecule has 0 heterocycles. The van der Waals surface area contributed by atoms with Gasteiger partial charge in [-0.2, -0.15) is 19.0 Å². The van der Waals surface area contributed by atoms with Gasteiger partial charge in [0, 0.05) is 19.2 Å². The van der Waals surface area contributed by atoms with Crippen LogP contribution < -0.4 is 15.5 Å². The van der Waals surface area contributed by atoms with Gasteiger partial charge in [-0.15, -0.1) is 3.89 Å². The van der Waals surface area contributed by atoms with Crippen LogP contribution in [0.4, 0.5) is 12.7 Å². The number of halogens is 3. The molecule has 0 saturated carbocycles. The van der Waals surface area contributed by atoms with Crippen molar-refractivity contribution in [1.29, 1.82) is 0 Å². The van der Waals surface area contributed by atoms with E-state index in [0.717, 1.165) is 5.56 Å². The van der Waals surface area contributed by atoms with Crippen LogP contribution in [0.2, 0.25) is 0 Å². The van der Waals surface area contributed by atoms with Crippen LogP contribution in [0.5, 0.6) is 0 Å². The van der Waals surface area contributed by atoms with Gasteiger partial charge in [0.25, 0.3) is 11.8 Å². The van der Waals surface area contributed by atoms with E-state index in [9.17, 15) is 17.5 Å². The molecule has 0 spiro atoms. The van der Waals surface area contributed by atoms with Crippen molar-refractivity contribution >= 4 is 24.1 Å². The zero-order valence-corrected chi connectivity index (χ0v) is 15.7. The molecule has 2 aromatic carbocycles. The largest absolute Gasteiger partial charge is 0.391 e. The smallest absolute Gasteiger partial charge is 0.385 e. The Labute approximate surface area is 165 Å². The first-order valence-electron chi connectivity index (χ1n) is 8.18. The minimum absolute atomic E-state index is 0.142. The molecule has 28 heavy (non-hydrogen) atoms. The SMILES string of the molecule is CNOC(=NCc1ccc(C(=O)NCc2ccccc2)cc1)C(F)(F)NSF. The maximum Gasteiger partial charge on any atom is 0.391 e. The highest BCUT2D eigenvalue weighted by Gasteiger charge is 2.39. The number of aliphatic imine (C=N–C) groups is 1. The number of amides is 1. The number of hydrogen-bond donors (Lipinski definition) is 3. The molecule has 2 aromatic rings. The van der Waals surface area contributed by atoms with Gasteiger partial charge < -0.3 is 10.2 Å². The lowest BCUT2D eigenvalue weighted by atomic mass is 10.1. The number of benzene rings is 2. The standard InChI is InChI=1S/C18H19F3N4O2S/c1-22-27-17(18(19,20)25-28-21)24-12-14-7-9-15(10-8-14)16(26)23-11-13-5-3-2-4-6-13/h2-10,22,25H,11-12H2,1H3,(H,23,26). The van der Waals surface area contributed by atoms with Gasteiger partial charge in [0.05, 0.1) is 6.54 Å². The first-order chi connectivity index (χ1) is 13.5. The number of nitrogens with one attached hydrogen (secondary N) is 3. The lowest BCUT2D eigenvalue weighted by Gasteiger charge is -2.16. The number of rotatable bonds is 9. The van der Waals surface area contributed by atoms with Crippen LogP contribution in [0.3, 0.4) is 0 Å². The Hall–Kier alpha value is -2.56. The van der Waals surface area contributed by atoms with Gasteiger partial charge in [0.15, 0.2) is 0 Å². The zero-order chi connectivity index (χ0) is 20.4. The van der Waals surface area contributed by atoms with Crippen molar-refractivity contribution in [2.45, 2.75) is 19.1 Å². The second-order valence-electron chi connectivity index (χ2n) is 5.55. The number of nitrogens with zero attached hydrogens (tertiary/aromatic N) is 1. The molecule has 0 aromatic heterocycles. The fourth-order valence-electron chi connectivity index (χ4n) is 2.19. The molecule has 0 saturated heterocycles. The third-order valence-corrected chi connectivity index (χ3v) is 3.88. The maximum atomic E-state index is 13.7.